The van der Waals surface area contributed by atoms with Crippen LogP contribution in [0.4, 0.5) is 17.8 Å². The molecular formula is C20H31N7O2. The number of ether oxygens (including phenoxy) is 2. The third-order valence-electron chi connectivity index (χ3n) is 5.26. The second-order valence-corrected chi connectivity index (χ2v) is 7.37. The van der Waals surface area contributed by atoms with Crippen molar-refractivity contribution >= 4 is 17.8 Å². The standard InChI is InChI=1S/C20H31N7O2/c1-26(2)15-8-11-27(12-9-15)20-24-18(21)23-19(25-20)22-10-7-14-5-6-16(28-3)17(13-14)29-4/h5-6,13,15H,7-12H2,1-4H3,(H3,21,22,23,24,25). The summed E-state index contributed by atoms with van der Waals surface area (Å²) in [7, 11) is 7.52. The highest BCUT2D eigenvalue weighted by Gasteiger charge is 2.23. The highest BCUT2D eigenvalue weighted by molar-refractivity contribution is 5.44. The third kappa shape index (κ3) is 5.38. The number of anilines is 3. The van der Waals surface area contributed by atoms with Crippen LogP contribution in [0, 0.1) is 0 Å². The zero-order valence-corrected chi connectivity index (χ0v) is 17.7. The van der Waals surface area contributed by atoms with Crippen molar-refractivity contribution in [2.24, 2.45) is 0 Å². The molecule has 0 unspecified atom stereocenters. The van der Waals surface area contributed by atoms with E-state index in [-0.39, 0.29) is 5.95 Å². The Hall–Kier alpha value is -2.81. The van der Waals surface area contributed by atoms with E-state index in [1.807, 2.05) is 18.2 Å². The number of piperidine rings is 1. The number of nitrogens with two attached hydrogens (primary N) is 1. The summed E-state index contributed by atoms with van der Waals surface area (Å²) in [6.45, 7) is 2.50. The SMILES string of the molecule is COc1ccc(CCNc2nc(N)nc(N3CCC(N(C)C)CC3)n2)cc1OC. The fourth-order valence-electron chi connectivity index (χ4n) is 3.54. The lowest BCUT2D eigenvalue weighted by atomic mass is 10.0. The number of hydrogen-bond acceptors (Lipinski definition) is 9. The van der Waals surface area contributed by atoms with Crippen molar-refractivity contribution in [2.45, 2.75) is 25.3 Å². The van der Waals surface area contributed by atoms with Crippen LogP contribution in [0.1, 0.15) is 18.4 Å². The van der Waals surface area contributed by atoms with E-state index in [2.05, 4.69) is 44.2 Å². The fraction of sp³-hybridized carbons (Fsp3) is 0.550. The lowest BCUT2D eigenvalue weighted by Crippen LogP contribution is -2.42. The lowest BCUT2D eigenvalue weighted by molar-refractivity contribution is 0.249. The van der Waals surface area contributed by atoms with Gasteiger partial charge in [-0.15, -0.1) is 0 Å². The largest absolute Gasteiger partial charge is 0.493 e. The van der Waals surface area contributed by atoms with Crippen molar-refractivity contribution in [3.8, 4) is 11.5 Å². The first kappa shape index (κ1) is 20.9. The molecule has 0 radical (unpaired) electrons. The monoisotopic (exact) mass is 401 g/mol. The van der Waals surface area contributed by atoms with E-state index in [4.69, 9.17) is 15.2 Å². The van der Waals surface area contributed by atoms with Gasteiger partial charge in [-0.1, -0.05) is 6.07 Å². The van der Waals surface area contributed by atoms with Crippen LogP contribution in [0.2, 0.25) is 0 Å². The molecule has 0 atom stereocenters. The van der Waals surface area contributed by atoms with Crippen molar-refractivity contribution in [3.63, 3.8) is 0 Å². The molecule has 1 fully saturated rings. The zero-order chi connectivity index (χ0) is 20.8. The van der Waals surface area contributed by atoms with Gasteiger partial charge in [-0.05, 0) is 51.1 Å². The molecule has 0 amide bonds. The lowest BCUT2D eigenvalue weighted by Gasteiger charge is -2.35. The number of aromatic nitrogens is 3. The van der Waals surface area contributed by atoms with E-state index in [0.29, 0.717) is 24.5 Å². The summed E-state index contributed by atoms with van der Waals surface area (Å²) in [6, 6.07) is 6.50. The molecule has 1 saturated heterocycles. The number of nitrogens with zero attached hydrogens (tertiary/aromatic N) is 5. The van der Waals surface area contributed by atoms with Crippen LogP contribution in [0.15, 0.2) is 18.2 Å². The average molecular weight is 402 g/mol. The van der Waals surface area contributed by atoms with Gasteiger partial charge in [0.2, 0.25) is 17.8 Å². The number of hydrogen-bond donors (Lipinski definition) is 2. The topological polar surface area (TPSA) is 102 Å². The summed E-state index contributed by atoms with van der Waals surface area (Å²) in [6.07, 6.45) is 2.96. The van der Waals surface area contributed by atoms with Gasteiger partial charge in [-0.25, -0.2) is 0 Å². The molecule has 29 heavy (non-hydrogen) atoms. The summed E-state index contributed by atoms with van der Waals surface area (Å²) < 4.78 is 10.6. The Morgan fingerprint density at radius 3 is 2.48 bits per heavy atom. The van der Waals surface area contributed by atoms with E-state index in [1.54, 1.807) is 14.2 Å². The highest BCUT2D eigenvalue weighted by atomic mass is 16.5. The van der Waals surface area contributed by atoms with Crippen molar-refractivity contribution in [1.29, 1.82) is 0 Å². The predicted octanol–water partition coefficient (Wildman–Crippen LogP) is 1.66. The minimum atomic E-state index is 0.235. The Morgan fingerprint density at radius 2 is 1.83 bits per heavy atom. The minimum absolute atomic E-state index is 0.235. The van der Waals surface area contributed by atoms with Crippen LogP contribution >= 0.6 is 0 Å². The number of benzene rings is 1. The van der Waals surface area contributed by atoms with Crippen LogP contribution in [0.5, 0.6) is 11.5 Å². The second-order valence-electron chi connectivity index (χ2n) is 7.37. The molecule has 0 bridgehead atoms. The van der Waals surface area contributed by atoms with Gasteiger partial charge in [0.25, 0.3) is 0 Å². The summed E-state index contributed by atoms with van der Waals surface area (Å²) in [5, 5.41) is 3.26. The Bertz CT molecular complexity index is 807. The molecule has 0 spiro atoms. The zero-order valence-electron chi connectivity index (χ0n) is 17.7. The van der Waals surface area contributed by atoms with Gasteiger partial charge in [0.15, 0.2) is 11.5 Å². The Kier molecular flexibility index (Phi) is 6.92. The number of methoxy groups -OCH3 is 2. The van der Waals surface area contributed by atoms with Crippen LogP contribution in [-0.2, 0) is 6.42 Å². The molecule has 158 valence electrons. The fourth-order valence-corrected chi connectivity index (χ4v) is 3.54. The minimum Gasteiger partial charge on any atom is -0.493 e. The summed E-state index contributed by atoms with van der Waals surface area (Å²) in [5.74, 6) is 2.82. The molecule has 0 aliphatic carbocycles. The van der Waals surface area contributed by atoms with Gasteiger partial charge in [0.1, 0.15) is 0 Å². The normalized spacial score (nSPS) is 14.9. The number of nitrogens with one attached hydrogen (secondary N) is 1. The molecule has 2 heterocycles. The van der Waals surface area contributed by atoms with Crippen molar-refractivity contribution in [3.05, 3.63) is 23.8 Å². The first-order chi connectivity index (χ1) is 14.0. The summed E-state index contributed by atoms with van der Waals surface area (Å²) in [5.41, 5.74) is 7.05. The maximum absolute atomic E-state index is 5.93. The average Bonchev–Trinajstić information content (AvgIpc) is 2.73. The molecule has 1 aliphatic heterocycles. The van der Waals surface area contributed by atoms with Crippen molar-refractivity contribution in [2.75, 3.05) is 63.9 Å². The summed E-state index contributed by atoms with van der Waals surface area (Å²) >= 11 is 0. The molecule has 2 aromatic rings. The van der Waals surface area contributed by atoms with Gasteiger partial charge >= 0.3 is 0 Å². The quantitative estimate of drug-likeness (QED) is 0.683. The highest BCUT2D eigenvalue weighted by Crippen LogP contribution is 2.27. The molecule has 3 N–H and O–H groups in total. The molecule has 9 heteroatoms. The van der Waals surface area contributed by atoms with E-state index in [1.165, 1.54) is 0 Å². The first-order valence-electron chi connectivity index (χ1n) is 9.88. The van der Waals surface area contributed by atoms with Gasteiger partial charge in [-0.2, -0.15) is 15.0 Å². The predicted molar refractivity (Wildman–Crippen MR) is 115 cm³/mol. The third-order valence-corrected chi connectivity index (χ3v) is 5.26. The smallest absolute Gasteiger partial charge is 0.231 e. The Morgan fingerprint density at radius 1 is 1.10 bits per heavy atom. The first-order valence-corrected chi connectivity index (χ1v) is 9.88. The van der Waals surface area contributed by atoms with Crippen molar-refractivity contribution in [1.82, 2.24) is 19.9 Å². The molecule has 1 aromatic carbocycles. The number of rotatable bonds is 8. The van der Waals surface area contributed by atoms with Crippen LogP contribution < -0.4 is 25.4 Å². The van der Waals surface area contributed by atoms with Crippen molar-refractivity contribution < 1.29 is 9.47 Å². The maximum atomic E-state index is 5.93. The number of nitrogen functional groups attached to an aromatic ring is 1. The van der Waals surface area contributed by atoms with Crippen LogP contribution in [-0.4, -0.2) is 73.8 Å². The molecule has 3 rings (SSSR count). The van der Waals surface area contributed by atoms with Gasteiger partial charge < -0.3 is 30.3 Å². The second kappa shape index (κ2) is 9.60. The molecule has 1 aromatic heterocycles. The van der Waals surface area contributed by atoms with Crippen LogP contribution in [0.3, 0.4) is 0 Å². The Balaban J connectivity index is 1.59. The van der Waals surface area contributed by atoms with E-state index < -0.39 is 0 Å². The van der Waals surface area contributed by atoms with Gasteiger partial charge in [-0.3, -0.25) is 0 Å². The van der Waals surface area contributed by atoms with Gasteiger partial charge in [0, 0.05) is 25.7 Å². The Labute approximate surface area is 172 Å². The van der Waals surface area contributed by atoms with Crippen LogP contribution in [0.25, 0.3) is 0 Å². The van der Waals surface area contributed by atoms with E-state index >= 15 is 0 Å². The van der Waals surface area contributed by atoms with E-state index in [0.717, 1.165) is 49.4 Å². The molecule has 0 saturated carbocycles. The summed E-state index contributed by atoms with van der Waals surface area (Å²) in [4.78, 5) is 17.6. The van der Waals surface area contributed by atoms with Gasteiger partial charge in [0.05, 0.1) is 14.2 Å². The maximum Gasteiger partial charge on any atom is 0.231 e. The molecule has 9 nitrogen and oxygen atoms in total. The molecular weight excluding hydrogens is 370 g/mol. The van der Waals surface area contributed by atoms with E-state index in [9.17, 15) is 0 Å². The molecule has 1 aliphatic rings.